The fraction of sp³-hybridized carbons (Fsp3) is 0.133. The van der Waals surface area contributed by atoms with Gasteiger partial charge in [0.2, 0.25) is 0 Å². The van der Waals surface area contributed by atoms with Crippen LogP contribution in [0.25, 0.3) is 0 Å². The molecule has 2 aromatic carbocycles. The van der Waals surface area contributed by atoms with E-state index in [1.54, 1.807) is 30.3 Å². The van der Waals surface area contributed by atoms with Crippen LogP contribution in [-0.2, 0) is 0 Å². The molecular formula is C15H13FO3. The summed E-state index contributed by atoms with van der Waals surface area (Å²) in [6, 6.07) is 12.3. The summed E-state index contributed by atoms with van der Waals surface area (Å²) >= 11 is 0. The van der Waals surface area contributed by atoms with Crippen LogP contribution in [0.4, 0.5) is 4.39 Å². The maximum absolute atomic E-state index is 13.0. The second-order valence-corrected chi connectivity index (χ2v) is 4.07. The summed E-state index contributed by atoms with van der Waals surface area (Å²) in [7, 11) is 0. The molecule has 0 aliphatic rings. The minimum atomic E-state index is -0.901. The molecule has 0 radical (unpaired) electrons. The summed E-state index contributed by atoms with van der Waals surface area (Å²) in [5.74, 6) is 0.146. The van der Waals surface area contributed by atoms with Gasteiger partial charge in [0.05, 0.1) is 0 Å². The molecule has 2 aromatic rings. The molecule has 0 saturated heterocycles. The predicted octanol–water partition coefficient (Wildman–Crippen LogP) is 2.75. The zero-order chi connectivity index (χ0) is 13.7. The Hall–Kier alpha value is -2.20. The lowest BCUT2D eigenvalue weighted by Crippen LogP contribution is -2.09. The third-order valence-electron chi connectivity index (χ3n) is 2.66. The van der Waals surface area contributed by atoms with Gasteiger partial charge in [-0.15, -0.1) is 0 Å². The molecule has 1 atom stereocenters. The van der Waals surface area contributed by atoms with Crippen LogP contribution in [0.2, 0.25) is 0 Å². The Balaban J connectivity index is 1.95. The number of benzene rings is 2. The third-order valence-corrected chi connectivity index (χ3v) is 2.66. The number of carbonyl (C=O) groups excluding carboxylic acids is 1. The first kappa shape index (κ1) is 13.2. The summed E-state index contributed by atoms with van der Waals surface area (Å²) < 4.78 is 18.4. The monoisotopic (exact) mass is 260 g/mol. The number of hydrogen-bond donors (Lipinski definition) is 1. The van der Waals surface area contributed by atoms with Crippen LogP contribution < -0.4 is 4.74 Å². The molecule has 0 aromatic heterocycles. The second-order valence-electron chi connectivity index (χ2n) is 4.07. The molecule has 0 spiro atoms. The number of aldehydes is 1. The number of aliphatic hydroxyl groups excluding tert-OH is 1. The lowest BCUT2D eigenvalue weighted by atomic mass is 10.1. The molecular weight excluding hydrogens is 247 g/mol. The molecule has 98 valence electrons. The van der Waals surface area contributed by atoms with Crippen LogP contribution in [0, 0.1) is 5.82 Å². The largest absolute Gasteiger partial charge is 0.491 e. The van der Waals surface area contributed by atoms with Crippen molar-refractivity contribution in [3.05, 3.63) is 65.5 Å². The van der Waals surface area contributed by atoms with E-state index in [0.29, 0.717) is 16.9 Å². The van der Waals surface area contributed by atoms with Gasteiger partial charge in [-0.3, -0.25) is 4.79 Å². The highest BCUT2D eigenvalue weighted by Crippen LogP contribution is 2.17. The van der Waals surface area contributed by atoms with Crippen molar-refractivity contribution in [2.24, 2.45) is 0 Å². The quantitative estimate of drug-likeness (QED) is 0.841. The van der Waals surface area contributed by atoms with E-state index in [2.05, 4.69) is 0 Å². The van der Waals surface area contributed by atoms with Crippen LogP contribution in [-0.4, -0.2) is 18.0 Å². The third kappa shape index (κ3) is 3.63. The van der Waals surface area contributed by atoms with E-state index in [1.165, 1.54) is 18.2 Å². The van der Waals surface area contributed by atoms with Crippen molar-refractivity contribution in [3.8, 4) is 5.75 Å². The Morgan fingerprint density at radius 1 is 1.21 bits per heavy atom. The van der Waals surface area contributed by atoms with Gasteiger partial charge in [0.1, 0.15) is 30.6 Å². The van der Waals surface area contributed by atoms with Crippen molar-refractivity contribution in [3.63, 3.8) is 0 Å². The average molecular weight is 260 g/mol. The minimum Gasteiger partial charge on any atom is -0.491 e. The Labute approximate surface area is 110 Å². The van der Waals surface area contributed by atoms with Crippen molar-refractivity contribution in [1.82, 2.24) is 0 Å². The molecule has 0 aliphatic carbocycles. The molecule has 0 amide bonds. The maximum Gasteiger partial charge on any atom is 0.150 e. The van der Waals surface area contributed by atoms with E-state index < -0.39 is 11.9 Å². The van der Waals surface area contributed by atoms with Crippen molar-refractivity contribution < 1.29 is 19.0 Å². The van der Waals surface area contributed by atoms with Crippen LogP contribution in [0.1, 0.15) is 22.0 Å². The molecule has 4 heteroatoms. The standard InChI is InChI=1S/C15H13FO3/c16-13-3-1-2-12(8-13)15(18)10-19-14-6-4-11(9-17)5-7-14/h1-9,15,18H,10H2. The molecule has 0 heterocycles. The van der Waals surface area contributed by atoms with Crippen LogP contribution in [0.3, 0.4) is 0 Å². The van der Waals surface area contributed by atoms with E-state index in [0.717, 1.165) is 6.29 Å². The summed E-state index contributed by atoms with van der Waals surface area (Å²) in [5, 5.41) is 9.86. The van der Waals surface area contributed by atoms with E-state index in [9.17, 15) is 14.3 Å². The van der Waals surface area contributed by atoms with Crippen molar-refractivity contribution in [2.75, 3.05) is 6.61 Å². The van der Waals surface area contributed by atoms with Gasteiger partial charge in [0, 0.05) is 5.56 Å². The molecule has 0 aliphatic heterocycles. The number of hydrogen-bond acceptors (Lipinski definition) is 3. The van der Waals surface area contributed by atoms with Crippen LogP contribution in [0.15, 0.2) is 48.5 Å². The van der Waals surface area contributed by atoms with Gasteiger partial charge in [-0.1, -0.05) is 12.1 Å². The summed E-state index contributed by atoms with van der Waals surface area (Å²) in [5.41, 5.74) is 1.02. The van der Waals surface area contributed by atoms with E-state index >= 15 is 0 Å². The van der Waals surface area contributed by atoms with Gasteiger partial charge in [-0.05, 0) is 42.0 Å². The smallest absolute Gasteiger partial charge is 0.150 e. The molecule has 2 rings (SSSR count). The van der Waals surface area contributed by atoms with Gasteiger partial charge in [0.25, 0.3) is 0 Å². The highest BCUT2D eigenvalue weighted by Gasteiger charge is 2.09. The van der Waals surface area contributed by atoms with Crippen molar-refractivity contribution in [2.45, 2.75) is 6.10 Å². The van der Waals surface area contributed by atoms with E-state index in [1.807, 2.05) is 0 Å². The molecule has 3 nitrogen and oxygen atoms in total. The number of carbonyl (C=O) groups is 1. The Kier molecular flexibility index (Phi) is 4.26. The summed E-state index contributed by atoms with van der Waals surface area (Å²) in [6.07, 6.45) is -0.160. The first-order chi connectivity index (χ1) is 9.19. The number of rotatable bonds is 5. The molecule has 19 heavy (non-hydrogen) atoms. The van der Waals surface area contributed by atoms with Gasteiger partial charge < -0.3 is 9.84 Å². The highest BCUT2D eigenvalue weighted by atomic mass is 19.1. The lowest BCUT2D eigenvalue weighted by Gasteiger charge is -2.12. The number of halogens is 1. The predicted molar refractivity (Wildman–Crippen MR) is 68.7 cm³/mol. The normalized spacial score (nSPS) is 11.9. The summed E-state index contributed by atoms with van der Waals surface area (Å²) in [4.78, 5) is 10.5. The Morgan fingerprint density at radius 3 is 2.58 bits per heavy atom. The van der Waals surface area contributed by atoms with Gasteiger partial charge in [-0.2, -0.15) is 0 Å². The van der Waals surface area contributed by atoms with Gasteiger partial charge in [0.15, 0.2) is 0 Å². The fourth-order valence-electron chi connectivity index (χ4n) is 1.63. The zero-order valence-electron chi connectivity index (χ0n) is 10.1. The maximum atomic E-state index is 13.0. The number of aliphatic hydroxyl groups is 1. The minimum absolute atomic E-state index is 0.0177. The molecule has 0 bridgehead atoms. The zero-order valence-corrected chi connectivity index (χ0v) is 10.1. The SMILES string of the molecule is O=Cc1ccc(OCC(O)c2cccc(F)c2)cc1. The molecule has 1 unspecified atom stereocenters. The fourth-order valence-corrected chi connectivity index (χ4v) is 1.63. The summed E-state index contributed by atoms with van der Waals surface area (Å²) in [6.45, 7) is 0.0177. The van der Waals surface area contributed by atoms with Crippen LogP contribution >= 0.6 is 0 Å². The van der Waals surface area contributed by atoms with Gasteiger partial charge >= 0.3 is 0 Å². The first-order valence-corrected chi connectivity index (χ1v) is 5.80. The van der Waals surface area contributed by atoms with Crippen molar-refractivity contribution >= 4 is 6.29 Å². The Morgan fingerprint density at radius 2 is 1.95 bits per heavy atom. The lowest BCUT2D eigenvalue weighted by molar-refractivity contribution is 0.107. The topological polar surface area (TPSA) is 46.5 Å². The number of ether oxygens (including phenoxy) is 1. The first-order valence-electron chi connectivity index (χ1n) is 5.80. The molecule has 1 N–H and O–H groups in total. The highest BCUT2D eigenvalue weighted by molar-refractivity contribution is 5.74. The van der Waals surface area contributed by atoms with Gasteiger partial charge in [-0.25, -0.2) is 4.39 Å². The molecule has 0 fully saturated rings. The second kappa shape index (κ2) is 6.11. The molecule has 0 saturated carbocycles. The average Bonchev–Trinajstić information content (AvgIpc) is 2.45. The van der Waals surface area contributed by atoms with Crippen LogP contribution in [0.5, 0.6) is 5.75 Å². The van der Waals surface area contributed by atoms with E-state index in [4.69, 9.17) is 4.74 Å². The van der Waals surface area contributed by atoms with Crippen molar-refractivity contribution in [1.29, 1.82) is 0 Å². The van der Waals surface area contributed by atoms with E-state index in [-0.39, 0.29) is 6.61 Å². The Bertz CT molecular complexity index is 552.